The Labute approximate surface area is 137 Å². The van der Waals surface area contributed by atoms with Gasteiger partial charge in [0.1, 0.15) is 6.04 Å². The number of carbonyl (C=O) groups excluding carboxylic acids is 1. The second-order valence-electron chi connectivity index (χ2n) is 6.72. The van der Waals surface area contributed by atoms with Gasteiger partial charge in [-0.05, 0) is 13.5 Å². The average Bonchev–Trinajstić information content (AvgIpc) is 3.05. The molecule has 2 aliphatic rings. The fourth-order valence-electron chi connectivity index (χ4n) is 3.89. The summed E-state index contributed by atoms with van der Waals surface area (Å²) >= 11 is 0. The van der Waals surface area contributed by atoms with Gasteiger partial charge >= 0.3 is 0 Å². The van der Waals surface area contributed by atoms with E-state index in [1.54, 1.807) is 17.9 Å². The highest BCUT2D eigenvalue weighted by molar-refractivity contribution is 5.85. The number of hydrogen-bond acceptors (Lipinski definition) is 4. The minimum absolute atomic E-state index is 0. The van der Waals surface area contributed by atoms with E-state index < -0.39 is 0 Å². The van der Waals surface area contributed by atoms with Crippen LogP contribution in [0.4, 0.5) is 0 Å². The summed E-state index contributed by atoms with van der Waals surface area (Å²) in [4.78, 5) is 12.6. The van der Waals surface area contributed by atoms with Gasteiger partial charge in [-0.3, -0.25) is 9.48 Å². The molecular weight excluding hydrogens is 304 g/mol. The third-order valence-corrected chi connectivity index (χ3v) is 5.01. The Bertz CT molecular complexity index is 545. The largest absolute Gasteiger partial charge is 0.377 e. The molecule has 2 fully saturated rings. The smallest absolute Gasteiger partial charge is 0.242 e. The molecule has 1 saturated heterocycles. The number of likely N-dealkylation sites (N-methyl/N-ethyl adjacent to an activating group) is 1. The fraction of sp³-hybridized carbons (Fsp3) is 0.733. The zero-order chi connectivity index (χ0) is 15.2. The number of carbonyl (C=O) groups is 1. The molecule has 4 unspecified atom stereocenters. The lowest BCUT2D eigenvalue weighted by Gasteiger charge is -2.54. The molecule has 1 amide bonds. The predicted octanol–water partition coefficient (Wildman–Crippen LogP) is 1.03. The Morgan fingerprint density at radius 2 is 2.27 bits per heavy atom. The second kappa shape index (κ2) is 6.18. The third-order valence-electron chi connectivity index (χ3n) is 5.01. The maximum absolute atomic E-state index is 12.6. The van der Waals surface area contributed by atoms with E-state index in [0.717, 1.165) is 18.6 Å². The molecule has 0 bridgehead atoms. The molecule has 1 saturated carbocycles. The van der Waals surface area contributed by atoms with Gasteiger partial charge in [0, 0.05) is 42.8 Å². The molecule has 1 aromatic rings. The number of nitrogens with zero attached hydrogens (tertiary/aromatic N) is 2. The molecule has 3 rings (SSSR count). The minimum Gasteiger partial charge on any atom is -0.377 e. The van der Waals surface area contributed by atoms with E-state index in [-0.39, 0.29) is 41.9 Å². The van der Waals surface area contributed by atoms with Gasteiger partial charge in [0.05, 0.1) is 12.3 Å². The number of halogens is 1. The summed E-state index contributed by atoms with van der Waals surface area (Å²) in [5, 5.41) is 10.4. The van der Waals surface area contributed by atoms with Gasteiger partial charge in [0.25, 0.3) is 0 Å². The summed E-state index contributed by atoms with van der Waals surface area (Å²) in [5.74, 6) is 0.462. The molecule has 0 spiro atoms. The van der Waals surface area contributed by atoms with E-state index in [4.69, 9.17) is 4.74 Å². The van der Waals surface area contributed by atoms with E-state index in [0.29, 0.717) is 5.92 Å². The predicted molar refractivity (Wildman–Crippen MR) is 85.8 cm³/mol. The third kappa shape index (κ3) is 2.64. The SMILES string of the molecule is CNC(C(=O)NC1C2CCOC2C1(C)C)c1cnn(C)c1.Cl. The number of hydrogen-bond donors (Lipinski definition) is 2. The Morgan fingerprint density at radius 3 is 2.86 bits per heavy atom. The molecule has 1 aliphatic heterocycles. The van der Waals surface area contributed by atoms with Crippen LogP contribution in [-0.2, 0) is 16.6 Å². The first-order valence-electron chi connectivity index (χ1n) is 7.53. The van der Waals surface area contributed by atoms with Crippen molar-refractivity contribution in [3.8, 4) is 0 Å². The van der Waals surface area contributed by atoms with Gasteiger partial charge in [-0.15, -0.1) is 12.4 Å². The number of fused-ring (bicyclic) bond motifs is 1. The van der Waals surface area contributed by atoms with Crippen LogP contribution >= 0.6 is 12.4 Å². The van der Waals surface area contributed by atoms with Crippen molar-refractivity contribution in [2.75, 3.05) is 13.7 Å². The van der Waals surface area contributed by atoms with Crippen molar-refractivity contribution in [1.29, 1.82) is 0 Å². The first kappa shape index (κ1) is 17.2. The van der Waals surface area contributed by atoms with Crippen molar-refractivity contribution in [3.05, 3.63) is 18.0 Å². The molecule has 6 nitrogen and oxygen atoms in total. The molecule has 0 radical (unpaired) electrons. The number of nitrogens with one attached hydrogen (secondary N) is 2. The summed E-state index contributed by atoms with van der Waals surface area (Å²) in [6, 6.07) is -0.180. The maximum atomic E-state index is 12.6. The van der Waals surface area contributed by atoms with Crippen LogP contribution in [0.25, 0.3) is 0 Å². The average molecular weight is 329 g/mol. The summed E-state index contributed by atoms with van der Waals surface area (Å²) in [6.45, 7) is 5.15. The lowest BCUT2D eigenvalue weighted by Crippen LogP contribution is -2.67. The Balaban J connectivity index is 0.00000176. The van der Waals surface area contributed by atoms with Crippen LogP contribution in [0.5, 0.6) is 0 Å². The zero-order valence-electron chi connectivity index (χ0n) is 13.5. The topological polar surface area (TPSA) is 68.2 Å². The van der Waals surface area contributed by atoms with Gasteiger partial charge < -0.3 is 15.4 Å². The Morgan fingerprint density at radius 1 is 1.55 bits per heavy atom. The Hall–Kier alpha value is -1.11. The quantitative estimate of drug-likeness (QED) is 0.866. The molecule has 1 aromatic heterocycles. The molecule has 2 N–H and O–H groups in total. The monoisotopic (exact) mass is 328 g/mol. The molecule has 0 aromatic carbocycles. The molecule has 7 heteroatoms. The molecule has 4 atom stereocenters. The van der Waals surface area contributed by atoms with Crippen molar-refractivity contribution in [2.24, 2.45) is 18.4 Å². The first-order chi connectivity index (χ1) is 9.95. The summed E-state index contributed by atoms with van der Waals surface area (Å²) in [5.41, 5.74) is 0.887. The van der Waals surface area contributed by atoms with Gasteiger partial charge in [-0.1, -0.05) is 13.8 Å². The van der Waals surface area contributed by atoms with Gasteiger partial charge in [-0.25, -0.2) is 0 Å². The normalized spacial score (nSPS) is 29.9. The summed E-state index contributed by atoms with van der Waals surface area (Å²) in [6.07, 6.45) is 4.92. The molecule has 1 aliphatic carbocycles. The van der Waals surface area contributed by atoms with Crippen LogP contribution in [0, 0.1) is 11.3 Å². The van der Waals surface area contributed by atoms with Crippen molar-refractivity contribution in [1.82, 2.24) is 20.4 Å². The first-order valence-corrected chi connectivity index (χ1v) is 7.53. The number of aromatic nitrogens is 2. The number of ether oxygens (including phenoxy) is 1. The highest BCUT2D eigenvalue weighted by Crippen LogP contribution is 2.52. The lowest BCUT2D eigenvalue weighted by atomic mass is 9.57. The van der Waals surface area contributed by atoms with Crippen LogP contribution in [0.2, 0.25) is 0 Å². The molecule has 2 heterocycles. The van der Waals surface area contributed by atoms with E-state index in [1.807, 2.05) is 13.2 Å². The standard InChI is InChI=1S/C15H24N4O2.ClH/c1-15(2)12(10-5-6-21-13(10)15)18-14(20)11(16-3)9-7-17-19(4)8-9;/h7-8,10-13,16H,5-6H2,1-4H3,(H,18,20);1H. The van der Waals surface area contributed by atoms with Crippen molar-refractivity contribution in [2.45, 2.75) is 38.5 Å². The van der Waals surface area contributed by atoms with E-state index in [9.17, 15) is 4.79 Å². The van der Waals surface area contributed by atoms with Crippen LogP contribution in [0.15, 0.2) is 12.4 Å². The van der Waals surface area contributed by atoms with Crippen LogP contribution in [0.3, 0.4) is 0 Å². The summed E-state index contributed by atoms with van der Waals surface area (Å²) < 4.78 is 7.48. The van der Waals surface area contributed by atoms with Crippen LogP contribution in [0.1, 0.15) is 31.9 Å². The van der Waals surface area contributed by atoms with Gasteiger partial charge in [-0.2, -0.15) is 5.10 Å². The highest BCUT2D eigenvalue weighted by Gasteiger charge is 2.59. The van der Waals surface area contributed by atoms with E-state index in [2.05, 4.69) is 29.6 Å². The zero-order valence-corrected chi connectivity index (χ0v) is 14.3. The van der Waals surface area contributed by atoms with E-state index in [1.165, 1.54) is 0 Å². The highest BCUT2D eigenvalue weighted by atomic mass is 35.5. The molecule has 124 valence electrons. The Kier molecular flexibility index (Phi) is 4.84. The van der Waals surface area contributed by atoms with Gasteiger partial charge in [0.15, 0.2) is 0 Å². The van der Waals surface area contributed by atoms with Crippen molar-refractivity contribution >= 4 is 18.3 Å². The molecule has 22 heavy (non-hydrogen) atoms. The van der Waals surface area contributed by atoms with Crippen LogP contribution in [-0.4, -0.2) is 41.5 Å². The van der Waals surface area contributed by atoms with Gasteiger partial charge in [0.2, 0.25) is 5.91 Å². The van der Waals surface area contributed by atoms with Crippen LogP contribution < -0.4 is 10.6 Å². The second-order valence-corrected chi connectivity index (χ2v) is 6.72. The maximum Gasteiger partial charge on any atom is 0.242 e. The number of rotatable bonds is 4. The number of aryl methyl sites for hydroxylation is 1. The summed E-state index contributed by atoms with van der Waals surface area (Å²) in [7, 11) is 3.65. The van der Waals surface area contributed by atoms with E-state index >= 15 is 0 Å². The fourth-order valence-corrected chi connectivity index (χ4v) is 3.89. The molecular formula is C15H25ClN4O2. The minimum atomic E-state index is -0.365. The lowest BCUT2D eigenvalue weighted by molar-refractivity contribution is -0.139. The van der Waals surface area contributed by atoms with Crippen molar-refractivity contribution in [3.63, 3.8) is 0 Å². The number of amides is 1. The van der Waals surface area contributed by atoms with Crippen molar-refractivity contribution < 1.29 is 9.53 Å².